The van der Waals surface area contributed by atoms with E-state index in [4.69, 9.17) is 9.72 Å². The molecule has 1 saturated heterocycles. The average Bonchev–Trinajstić information content (AvgIpc) is 3.32. The number of rotatable bonds is 9. The second-order valence-corrected chi connectivity index (χ2v) is 8.19. The third kappa shape index (κ3) is 4.35. The summed E-state index contributed by atoms with van der Waals surface area (Å²) in [7, 11) is 1.66. The van der Waals surface area contributed by atoms with E-state index in [-0.39, 0.29) is 11.8 Å². The van der Waals surface area contributed by atoms with Crippen molar-refractivity contribution < 1.29 is 9.53 Å². The first kappa shape index (κ1) is 20.5. The van der Waals surface area contributed by atoms with Gasteiger partial charge >= 0.3 is 0 Å². The van der Waals surface area contributed by atoms with Gasteiger partial charge in [-0.15, -0.1) is 0 Å². The first-order chi connectivity index (χ1) is 14.7. The molecule has 5 nitrogen and oxygen atoms in total. The summed E-state index contributed by atoms with van der Waals surface area (Å²) in [6, 6.07) is 16.3. The number of ether oxygens (including phenoxy) is 1. The minimum Gasteiger partial charge on any atom is -0.497 e. The number of fused-ring (bicyclic) bond motifs is 1. The number of para-hydroxylation sites is 2. The summed E-state index contributed by atoms with van der Waals surface area (Å²) < 4.78 is 7.59. The number of amides is 1. The predicted molar refractivity (Wildman–Crippen MR) is 120 cm³/mol. The van der Waals surface area contributed by atoms with Gasteiger partial charge in [0.25, 0.3) is 0 Å². The van der Waals surface area contributed by atoms with Crippen LogP contribution in [0.3, 0.4) is 0 Å². The van der Waals surface area contributed by atoms with Crippen molar-refractivity contribution in [3.05, 3.63) is 59.9 Å². The number of methoxy groups -OCH3 is 1. The standard InChI is InChI=1S/C25H31N3O2/c1-3-4-5-8-15-28-23-10-7-6-9-22(23)26-25(28)20-16-24(29)27(18-20)17-19-11-13-21(30-2)14-12-19/h6-7,9-14,20H,3-5,8,15-18H2,1-2H3. The predicted octanol–water partition coefficient (Wildman–Crippen LogP) is 5.14. The molecule has 1 unspecified atom stereocenters. The number of nitrogens with zero attached hydrogens (tertiary/aromatic N) is 3. The van der Waals surface area contributed by atoms with E-state index >= 15 is 0 Å². The van der Waals surface area contributed by atoms with Gasteiger partial charge in [-0.3, -0.25) is 4.79 Å². The van der Waals surface area contributed by atoms with Crippen molar-refractivity contribution in [3.63, 3.8) is 0 Å². The Labute approximate surface area is 178 Å². The van der Waals surface area contributed by atoms with Crippen LogP contribution in [-0.2, 0) is 17.9 Å². The number of aryl methyl sites for hydroxylation is 1. The van der Waals surface area contributed by atoms with Crippen molar-refractivity contribution in [2.45, 2.75) is 58.0 Å². The molecule has 1 aliphatic heterocycles. The van der Waals surface area contributed by atoms with E-state index in [2.05, 4.69) is 29.7 Å². The first-order valence-electron chi connectivity index (χ1n) is 11.1. The van der Waals surface area contributed by atoms with Gasteiger partial charge in [-0.25, -0.2) is 4.98 Å². The summed E-state index contributed by atoms with van der Waals surface area (Å²) in [6.07, 6.45) is 5.41. The van der Waals surface area contributed by atoms with Gasteiger partial charge in [-0.2, -0.15) is 0 Å². The summed E-state index contributed by atoms with van der Waals surface area (Å²) in [5, 5.41) is 0. The maximum Gasteiger partial charge on any atom is 0.223 e. The number of likely N-dealkylation sites (tertiary alicyclic amines) is 1. The molecule has 158 valence electrons. The van der Waals surface area contributed by atoms with Crippen LogP contribution < -0.4 is 4.74 Å². The third-order valence-electron chi connectivity index (χ3n) is 6.03. The molecule has 2 heterocycles. The molecule has 1 fully saturated rings. The number of carbonyl (C=O) groups is 1. The van der Waals surface area contributed by atoms with Crippen LogP contribution >= 0.6 is 0 Å². The molecule has 1 amide bonds. The summed E-state index contributed by atoms with van der Waals surface area (Å²) in [5.41, 5.74) is 3.34. The molecule has 0 aliphatic carbocycles. The van der Waals surface area contributed by atoms with Gasteiger partial charge in [0.2, 0.25) is 5.91 Å². The molecule has 0 saturated carbocycles. The molecule has 1 aromatic heterocycles. The number of carbonyl (C=O) groups excluding carboxylic acids is 1. The Morgan fingerprint density at radius 3 is 2.63 bits per heavy atom. The fourth-order valence-corrected chi connectivity index (χ4v) is 4.39. The number of hydrogen-bond acceptors (Lipinski definition) is 3. The van der Waals surface area contributed by atoms with Crippen molar-refractivity contribution >= 4 is 16.9 Å². The van der Waals surface area contributed by atoms with Crippen LogP contribution in [-0.4, -0.2) is 34.0 Å². The fraction of sp³-hybridized carbons (Fsp3) is 0.440. The summed E-state index contributed by atoms with van der Waals surface area (Å²) in [4.78, 5) is 19.7. The highest BCUT2D eigenvalue weighted by atomic mass is 16.5. The van der Waals surface area contributed by atoms with Gasteiger partial charge in [0, 0.05) is 32.0 Å². The van der Waals surface area contributed by atoms with Gasteiger partial charge in [0.05, 0.1) is 18.1 Å². The Morgan fingerprint density at radius 1 is 1.07 bits per heavy atom. The Kier molecular flexibility index (Phi) is 6.36. The van der Waals surface area contributed by atoms with Crippen molar-refractivity contribution in [2.75, 3.05) is 13.7 Å². The van der Waals surface area contributed by atoms with Crippen molar-refractivity contribution in [1.29, 1.82) is 0 Å². The van der Waals surface area contributed by atoms with E-state index in [1.807, 2.05) is 35.2 Å². The van der Waals surface area contributed by atoms with Crippen LogP contribution in [0, 0.1) is 0 Å². The highest BCUT2D eigenvalue weighted by Crippen LogP contribution is 2.31. The summed E-state index contributed by atoms with van der Waals surface area (Å²) in [5.74, 6) is 2.26. The maximum atomic E-state index is 12.8. The molecule has 3 aromatic rings. The third-order valence-corrected chi connectivity index (χ3v) is 6.03. The highest BCUT2D eigenvalue weighted by Gasteiger charge is 2.33. The Bertz CT molecular complexity index is 993. The first-order valence-corrected chi connectivity index (χ1v) is 11.1. The molecule has 0 N–H and O–H groups in total. The molecule has 2 aromatic carbocycles. The maximum absolute atomic E-state index is 12.8. The molecule has 1 atom stereocenters. The Balaban J connectivity index is 1.52. The van der Waals surface area contributed by atoms with E-state index in [9.17, 15) is 4.79 Å². The van der Waals surface area contributed by atoms with Gasteiger partial charge in [0.1, 0.15) is 11.6 Å². The average molecular weight is 406 g/mol. The van der Waals surface area contributed by atoms with Crippen molar-refractivity contribution in [2.24, 2.45) is 0 Å². The van der Waals surface area contributed by atoms with Gasteiger partial charge < -0.3 is 14.2 Å². The zero-order chi connectivity index (χ0) is 20.9. The minimum absolute atomic E-state index is 0.148. The van der Waals surface area contributed by atoms with E-state index in [0.717, 1.165) is 42.2 Å². The van der Waals surface area contributed by atoms with E-state index < -0.39 is 0 Å². The Hall–Kier alpha value is -2.82. The van der Waals surface area contributed by atoms with Crippen LogP contribution in [0.5, 0.6) is 5.75 Å². The van der Waals surface area contributed by atoms with Crippen molar-refractivity contribution in [1.82, 2.24) is 14.5 Å². The lowest BCUT2D eigenvalue weighted by Gasteiger charge is -2.17. The smallest absolute Gasteiger partial charge is 0.223 e. The topological polar surface area (TPSA) is 47.4 Å². The number of aromatic nitrogens is 2. The zero-order valence-corrected chi connectivity index (χ0v) is 18.0. The summed E-state index contributed by atoms with van der Waals surface area (Å²) >= 11 is 0. The van der Waals surface area contributed by atoms with Crippen LogP contribution in [0.1, 0.15) is 56.3 Å². The number of imidazole rings is 1. The molecule has 5 heteroatoms. The lowest BCUT2D eigenvalue weighted by atomic mass is 10.1. The van der Waals surface area contributed by atoms with Crippen LogP contribution in [0.25, 0.3) is 11.0 Å². The van der Waals surface area contributed by atoms with Gasteiger partial charge in [0.15, 0.2) is 0 Å². The van der Waals surface area contributed by atoms with E-state index in [1.54, 1.807) is 7.11 Å². The molecule has 1 aliphatic rings. The van der Waals surface area contributed by atoms with Gasteiger partial charge in [-0.05, 0) is 36.2 Å². The lowest BCUT2D eigenvalue weighted by Crippen LogP contribution is -2.24. The fourth-order valence-electron chi connectivity index (χ4n) is 4.39. The van der Waals surface area contributed by atoms with Crippen molar-refractivity contribution in [3.8, 4) is 5.75 Å². The van der Waals surface area contributed by atoms with Gasteiger partial charge in [-0.1, -0.05) is 50.5 Å². The molecular weight excluding hydrogens is 374 g/mol. The molecule has 0 radical (unpaired) electrons. The molecule has 30 heavy (non-hydrogen) atoms. The molecular formula is C25H31N3O2. The monoisotopic (exact) mass is 405 g/mol. The highest BCUT2D eigenvalue weighted by molar-refractivity contribution is 5.81. The van der Waals surface area contributed by atoms with Crippen LogP contribution in [0.2, 0.25) is 0 Å². The minimum atomic E-state index is 0.148. The van der Waals surface area contributed by atoms with E-state index in [0.29, 0.717) is 13.0 Å². The quantitative estimate of drug-likeness (QED) is 0.463. The largest absolute Gasteiger partial charge is 0.497 e. The van der Waals surface area contributed by atoms with E-state index in [1.165, 1.54) is 24.8 Å². The van der Waals surface area contributed by atoms with Crippen LogP contribution in [0.15, 0.2) is 48.5 Å². The molecule has 0 bridgehead atoms. The van der Waals surface area contributed by atoms with Crippen LogP contribution in [0.4, 0.5) is 0 Å². The zero-order valence-electron chi connectivity index (χ0n) is 18.0. The normalized spacial score (nSPS) is 16.5. The number of hydrogen-bond donors (Lipinski definition) is 0. The second kappa shape index (κ2) is 9.33. The summed E-state index contributed by atoms with van der Waals surface area (Å²) in [6.45, 7) is 4.57. The number of unbranched alkanes of at least 4 members (excludes halogenated alkanes) is 3. The number of benzene rings is 2. The Morgan fingerprint density at radius 2 is 1.87 bits per heavy atom. The SMILES string of the molecule is CCCCCCn1c(C2CC(=O)N(Cc3ccc(OC)cc3)C2)nc2ccccc21. The molecule has 0 spiro atoms. The lowest BCUT2D eigenvalue weighted by molar-refractivity contribution is -0.128. The molecule has 4 rings (SSSR count). The second-order valence-electron chi connectivity index (χ2n) is 8.19.